The number of carbonyl (C=O) groups is 1. The van der Waals surface area contributed by atoms with Gasteiger partial charge in [0, 0.05) is 13.1 Å². The molecule has 0 aliphatic carbocycles. The molecular weight excluding hydrogens is 294 g/mol. The summed E-state index contributed by atoms with van der Waals surface area (Å²) < 4.78 is 29.4. The van der Waals surface area contributed by atoms with Gasteiger partial charge in [-0.25, -0.2) is 8.42 Å². The van der Waals surface area contributed by atoms with Crippen molar-refractivity contribution in [3.05, 3.63) is 0 Å². The summed E-state index contributed by atoms with van der Waals surface area (Å²) in [6.45, 7) is 0.827. The monoisotopic (exact) mass is 315 g/mol. The van der Waals surface area contributed by atoms with E-state index < -0.39 is 21.1 Å². The molecule has 0 saturated carbocycles. The number of amides is 1. The molecule has 0 aromatic heterocycles. The lowest BCUT2D eigenvalue weighted by Gasteiger charge is -2.28. The van der Waals surface area contributed by atoms with Crippen molar-refractivity contribution in [2.75, 3.05) is 25.9 Å². The standard InChI is InChI=1S/C13H21N3O4S/c1-14-11-12-10(15-8-20-12)4-5-16(13(11)17)7-9-3-2-6-21(9,18)19/h8-12,14H,2-7H2,1H3. The van der Waals surface area contributed by atoms with E-state index in [0.29, 0.717) is 32.4 Å². The maximum atomic E-state index is 12.7. The molecule has 0 aromatic rings. The van der Waals surface area contributed by atoms with Crippen LogP contribution in [0.15, 0.2) is 4.99 Å². The Morgan fingerprint density at radius 1 is 1.48 bits per heavy atom. The van der Waals surface area contributed by atoms with Crippen LogP contribution in [0, 0.1) is 0 Å². The first-order valence-corrected chi connectivity index (χ1v) is 9.09. The van der Waals surface area contributed by atoms with Gasteiger partial charge >= 0.3 is 0 Å². The minimum atomic E-state index is -3.04. The highest BCUT2D eigenvalue weighted by atomic mass is 32.2. The molecule has 2 saturated heterocycles. The van der Waals surface area contributed by atoms with Gasteiger partial charge in [-0.05, 0) is 26.3 Å². The maximum absolute atomic E-state index is 12.7. The van der Waals surface area contributed by atoms with Gasteiger partial charge in [-0.2, -0.15) is 0 Å². The molecule has 8 heteroatoms. The van der Waals surface area contributed by atoms with Crippen molar-refractivity contribution >= 4 is 22.1 Å². The SMILES string of the molecule is CNC1C(=O)N(CC2CCCS2(=O)=O)CCC2N=COC21. The highest BCUT2D eigenvalue weighted by molar-refractivity contribution is 7.92. The van der Waals surface area contributed by atoms with Crippen LogP contribution in [0.1, 0.15) is 19.3 Å². The van der Waals surface area contributed by atoms with Gasteiger partial charge in [-0.3, -0.25) is 9.79 Å². The number of likely N-dealkylation sites (N-methyl/N-ethyl adjacent to an activating group) is 1. The van der Waals surface area contributed by atoms with Gasteiger partial charge in [0.2, 0.25) is 5.91 Å². The summed E-state index contributed by atoms with van der Waals surface area (Å²) in [5, 5.41) is 2.58. The van der Waals surface area contributed by atoms with Crippen LogP contribution in [-0.2, 0) is 19.4 Å². The van der Waals surface area contributed by atoms with Crippen molar-refractivity contribution in [3.8, 4) is 0 Å². The molecule has 7 nitrogen and oxygen atoms in total. The van der Waals surface area contributed by atoms with E-state index in [9.17, 15) is 13.2 Å². The topological polar surface area (TPSA) is 88.1 Å². The number of aliphatic imine (C=N–C) groups is 1. The smallest absolute Gasteiger partial charge is 0.243 e. The van der Waals surface area contributed by atoms with Crippen LogP contribution < -0.4 is 5.32 Å². The van der Waals surface area contributed by atoms with Gasteiger partial charge in [0.25, 0.3) is 0 Å². The first-order chi connectivity index (χ1) is 10.0. The molecule has 1 N–H and O–H groups in total. The number of carbonyl (C=O) groups excluding carboxylic acids is 1. The first-order valence-electron chi connectivity index (χ1n) is 7.37. The molecule has 1 amide bonds. The van der Waals surface area contributed by atoms with E-state index in [1.54, 1.807) is 11.9 Å². The number of rotatable bonds is 3. The van der Waals surface area contributed by atoms with Crippen LogP contribution in [0.2, 0.25) is 0 Å². The third kappa shape index (κ3) is 2.66. The lowest BCUT2D eigenvalue weighted by atomic mass is 10.0. The second kappa shape index (κ2) is 5.57. The van der Waals surface area contributed by atoms with Crippen LogP contribution in [0.5, 0.6) is 0 Å². The zero-order chi connectivity index (χ0) is 15.0. The van der Waals surface area contributed by atoms with Crippen molar-refractivity contribution in [1.29, 1.82) is 0 Å². The van der Waals surface area contributed by atoms with Crippen molar-refractivity contribution < 1.29 is 17.9 Å². The fourth-order valence-electron chi connectivity index (χ4n) is 3.41. The zero-order valence-corrected chi connectivity index (χ0v) is 12.9. The zero-order valence-electron chi connectivity index (χ0n) is 12.1. The minimum Gasteiger partial charge on any atom is -0.476 e. The molecule has 3 heterocycles. The van der Waals surface area contributed by atoms with E-state index in [2.05, 4.69) is 10.3 Å². The summed E-state index contributed by atoms with van der Waals surface area (Å²) in [5.74, 6) is 0.158. The van der Waals surface area contributed by atoms with Gasteiger partial charge in [-0.15, -0.1) is 0 Å². The van der Waals surface area contributed by atoms with E-state index in [-0.39, 0.29) is 23.8 Å². The summed E-state index contributed by atoms with van der Waals surface area (Å²) in [7, 11) is -1.32. The van der Waals surface area contributed by atoms with E-state index in [1.807, 2.05) is 0 Å². The summed E-state index contributed by atoms with van der Waals surface area (Å²) in [4.78, 5) is 18.6. The molecule has 3 rings (SSSR count). The van der Waals surface area contributed by atoms with E-state index in [1.165, 1.54) is 6.40 Å². The Morgan fingerprint density at radius 2 is 2.29 bits per heavy atom. The quantitative estimate of drug-likeness (QED) is 0.735. The summed E-state index contributed by atoms with van der Waals surface area (Å²) in [6, 6.07) is -0.499. The molecular formula is C13H21N3O4S. The Morgan fingerprint density at radius 3 is 2.95 bits per heavy atom. The first kappa shape index (κ1) is 14.8. The number of hydrogen-bond acceptors (Lipinski definition) is 6. The van der Waals surface area contributed by atoms with E-state index >= 15 is 0 Å². The number of fused-ring (bicyclic) bond motifs is 1. The summed E-state index contributed by atoms with van der Waals surface area (Å²) in [6.07, 6.45) is 3.19. The van der Waals surface area contributed by atoms with Gasteiger partial charge in [0.05, 0.1) is 17.0 Å². The fourth-order valence-corrected chi connectivity index (χ4v) is 5.25. The van der Waals surface area contributed by atoms with E-state index in [0.717, 1.165) is 0 Å². The largest absolute Gasteiger partial charge is 0.476 e. The van der Waals surface area contributed by atoms with Crippen LogP contribution in [0.25, 0.3) is 0 Å². The van der Waals surface area contributed by atoms with Crippen molar-refractivity contribution in [3.63, 3.8) is 0 Å². The van der Waals surface area contributed by atoms with Crippen molar-refractivity contribution in [2.45, 2.75) is 42.7 Å². The number of ether oxygens (including phenoxy) is 1. The van der Waals surface area contributed by atoms with Gasteiger partial charge in [0.1, 0.15) is 12.1 Å². The highest BCUT2D eigenvalue weighted by Gasteiger charge is 2.44. The second-order valence-electron chi connectivity index (χ2n) is 5.89. The lowest BCUT2D eigenvalue weighted by Crippen LogP contribution is -2.53. The average Bonchev–Trinajstić information content (AvgIpc) is 2.99. The Balaban J connectivity index is 1.76. The molecule has 0 bridgehead atoms. The predicted molar refractivity (Wildman–Crippen MR) is 78.0 cm³/mol. The van der Waals surface area contributed by atoms with Crippen LogP contribution in [0.3, 0.4) is 0 Å². The highest BCUT2D eigenvalue weighted by Crippen LogP contribution is 2.25. The maximum Gasteiger partial charge on any atom is 0.243 e. The van der Waals surface area contributed by atoms with Crippen LogP contribution in [-0.4, -0.2) is 75.0 Å². The molecule has 118 valence electrons. The molecule has 0 radical (unpaired) electrons. The summed E-state index contributed by atoms with van der Waals surface area (Å²) >= 11 is 0. The number of nitrogens with zero attached hydrogens (tertiary/aromatic N) is 2. The van der Waals surface area contributed by atoms with Crippen molar-refractivity contribution in [2.24, 2.45) is 4.99 Å². The third-order valence-corrected chi connectivity index (χ3v) is 6.91. The van der Waals surface area contributed by atoms with Gasteiger partial charge in [0.15, 0.2) is 16.2 Å². The minimum absolute atomic E-state index is 0.0309. The van der Waals surface area contributed by atoms with Crippen LogP contribution >= 0.6 is 0 Å². The number of hydrogen-bond donors (Lipinski definition) is 1. The molecule has 0 spiro atoms. The van der Waals surface area contributed by atoms with Crippen LogP contribution in [0.4, 0.5) is 0 Å². The molecule has 0 aromatic carbocycles. The second-order valence-corrected chi connectivity index (χ2v) is 8.29. The number of sulfone groups is 1. The Hall–Kier alpha value is -1.15. The normalized spacial score (nSPS) is 38.1. The number of nitrogens with one attached hydrogen (secondary N) is 1. The Kier molecular flexibility index (Phi) is 3.92. The number of likely N-dealkylation sites (tertiary alicyclic amines) is 1. The van der Waals surface area contributed by atoms with E-state index in [4.69, 9.17) is 4.74 Å². The average molecular weight is 315 g/mol. The molecule has 3 aliphatic heterocycles. The van der Waals surface area contributed by atoms with Gasteiger partial charge < -0.3 is 15.0 Å². The molecule has 21 heavy (non-hydrogen) atoms. The third-order valence-electron chi connectivity index (χ3n) is 4.65. The Bertz CT molecular complexity index is 548. The fraction of sp³-hybridized carbons (Fsp3) is 0.846. The Labute approximate surface area is 124 Å². The summed E-state index contributed by atoms with van der Waals surface area (Å²) in [5.41, 5.74) is 0. The lowest BCUT2D eigenvalue weighted by molar-refractivity contribution is -0.134. The molecule has 3 aliphatic rings. The molecule has 4 atom stereocenters. The molecule has 4 unspecified atom stereocenters. The predicted octanol–water partition coefficient (Wildman–Crippen LogP) is -0.820. The van der Waals surface area contributed by atoms with Crippen molar-refractivity contribution in [1.82, 2.24) is 10.2 Å². The molecule has 2 fully saturated rings. The van der Waals surface area contributed by atoms with Gasteiger partial charge in [-0.1, -0.05) is 0 Å².